The summed E-state index contributed by atoms with van der Waals surface area (Å²) in [6, 6.07) is 16.1. The van der Waals surface area contributed by atoms with E-state index in [1.165, 1.54) is 17.0 Å². The van der Waals surface area contributed by atoms with Crippen LogP contribution in [0.5, 0.6) is 0 Å². The number of halogens is 1. The summed E-state index contributed by atoms with van der Waals surface area (Å²) in [6.07, 6.45) is 1.78. The van der Waals surface area contributed by atoms with Crippen molar-refractivity contribution < 1.29 is 14.0 Å². The molecule has 0 unspecified atom stereocenters. The van der Waals surface area contributed by atoms with Gasteiger partial charge in [0.1, 0.15) is 5.82 Å². The Bertz CT molecular complexity index is 1210. The molecular formula is C25H24FN3O2S. The molecule has 2 heterocycles. The summed E-state index contributed by atoms with van der Waals surface area (Å²) in [4.78, 5) is 29.0. The van der Waals surface area contributed by atoms with Crippen LogP contribution in [0.4, 0.5) is 14.9 Å². The first-order chi connectivity index (χ1) is 15.2. The molecule has 1 aromatic heterocycles. The first-order valence-electron chi connectivity index (χ1n) is 10.2. The second kappa shape index (κ2) is 8.67. The Morgan fingerprint density at radius 3 is 2.28 bits per heavy atom. The highest BCUT2D eigenvalue weighted by Crippen LogP contribution is 2.34. The molecule has 0 atom stereocenters. The van der Waals surface area contributed by atoms with Gasteiger partial charge in [0.05, 0.1) is 11.4 Å². The predicted octanol–water partition coefficient (Wildman–Crippen LogP) is 5.54. The van der Waals surface area contributed by atoms with E-state index >= 15 is 0 Å². The molecule has 164 valence electrons. The molecule has 0 N–H and O–H groups in total. The third-order valence-electron chi connectivity index (χ3n) is 5.51. The lowest BCUT2D eigenvalue weighted by Crippen LogP contribution is -2.27. The minimum atomic E-state index is -0.352. The number of carbonyl (C=O) groups excluding carboxylic acids is 2. The van der Waals surface area contributed by atoms with E-state index in [1.54, 1.807) is 18.2 Å². The zero-order valence-corrected chi connectivity index (χ0v) is 19.2. The SMILES string of the molecule is Cc1cc(/C=C2/SC(=O)N(Cc3ccc(F)cc3)C2=O)c(C)n1-c1ccc(N(C)C)cc1. The Morgan fingerprint density at radius 2 is 1.66 bits per heavy atom. The van der Waals surface area contributed by atoms with E-state index in [1.807, 2.05) is 38.9 Å². The van der Waals surface area contributed by atoms with Gasteiger partial charge in [-0.1, -0.05) is 12.1 Å². The molecule has 0 aliphatic carbocycles. The van der Waals surface area contributed by atoms with Crippen LogP contribution in [0.1, 0.15) is 22.5 Å². The number of hydrogen-bond donors (Lipinski definition) is 0. The van der Waals surface area contributed by atoms with Crippen LogP contribution in [0, 0.1) is 19.7 Å². The van der Waals surface area contributed by atoms with Crippen LogP contribution >= 0.6 is 11.8 Å². The number of aromatic nitrogens is 1. The van der Waals surface area contributed by atoms with E-state index < -0.39 is 0 Å². The lowest BCUT2D eigenvalue weighted by atomic mass is 10.2. The molecular weight excluding hydrogens is 425 g/mol. The first kappa shape index (κ1) is 21.9. The molecule has 2 aromatic carbocycles. The van der Waals surface area contributed by atoms with E-state index in [4.69, 9.17) is 0 Å². The standard InChI is InChI=1S/C25H24FN3O2S/c1-16-13-19(17(2)29(16)22-11-9-21(10-12-22)27(3)4)14-23-24(30)28(25(31)32-23)15-18-5-7-20(26)8-6-18/h5-14H,15H2,1-4H3/b23-14+. The first-order valence-corrected chi connectivity index (χ1v) is 11.0. The van der Waals surface area contributed by atoms with Gasteiger partial charge in [-0.2, -0.15) is 0 Å². The van der Waals surface area contributed by atoms with Gasteiger partial charge in [-0.3, -0.25) is 14.5 Å². The maximum absolute atomic E-state index is 13.1. The van der Waals surface area contributed by atoms with E-state index in [0.29, 0.717) is 10.5 Å². The normalized spacial score (nSPS) is 15.2. The highest BCUT2D eigenvalue weighted by atomic mass is 32.2. The summed E-state index contributed by atoms with van der Waals surface area (Å²) in [5.41, 5.74) is 5.78. The largest absolute Gasteiger partial charge is 0.378 e. The van der Waals surface area contributed by atoms with Crippen LogP contribution in [0.25, 0.3) is 11.8 Å². The minimum Gasteiger partial charge on any atom is -0.378 e. The van der Waals surface area contributed by atoms with Crippen LogP contribution in [0.15, 0.2) is 59.5 Å². The number of imide groups is 1. The average Bonchev–Trinajstić information content (AvgIpc) is 3.19. The molecule has 1 fully saturated rings. The summed E-state index contributed by atoms with van der Waals surface area (Å²) >= 11 is 0.934. The third kappa shape index (κ3) is 4.21. The average molecular weight is 450 g/mol. The fraction of sp³-hybridized carbons (Fsp3) is 0.200. The highest BCUT2D eigenvalue weighted by Gasteiger charge is 2.35. The zero-order chi connectivity index (χ0) is 23.0. The van der Waals surface area contributed by atoms with Crippen LogP contribution in [-0.2, 0) is 11.3 Å². The van der Waals surface area contributed by atoms with E-state index in [-0.39, 0.29) is 23.5 Å². The van der Waals surface area contributed by atoms with Gasteiger partial charge < -0.3 is 9.47 Å². The molecule has 7 heteroatoms. The van der Waals surface area contributed by atoms with Gasteiger partial charge in [-0.25, -0.2) is 4.39 Å². The number of benzene rings is 2. The van der Waals surface area contributed by atoms with Gasteiger partial charge in [-0.15, -0.1) is 0 Å². The summed E-state index contributed by atoms with van der Waals surface area (Å²) < 4.78 is 15.3. The molecule has 32 heavy (non-hydrogen) atoms. The summed E-state index contributed by atoms with van der Waals surface area (Å²) in [6.45, 7) is 4.14. The molecule has 0 bridgehead atoms. The number of anilines is 1. The Hall–Kier alpha value is -3.32. The van der Waals surface area contributed by atoms with Crippen molar-refractivity contribution >= 4 is 34.7 Å². The third-order valence-corrected chi connectivity index (χ3v) is 6.42. The summed E-state index contributed by atoms with van der Waals surface area (Å²) in [7, 11) is 4.00. The molecule has 2 amide bonds. The van der Waals surface area contributed by atoms with Crippen molar-refractivity contribution in [1.82, 2.24) is 9.47 Å². The summed E-state index contributed by atoms with van der Waals surface area (Å²) in [5.74, 6) is -0.682. The predicted molar refractivity (Wildman–Crippen MR) is 127 cm³/mol. The monoisotopic (exact) mass is 449 g/mol. The number of thioether (sulfide) groups is 1. The molecule has 0 spiro atoms. The Morgan fingerprint density at radius 1 is 1.00 bits per heavy atom. The van der Waals surface area contributed by atoms with Gasteiger partial charge in [0.15, 0.2) is 0 Å². The molecule has 1 aliphatic rings. The van der Waals surface area contributed by atoms with Crippen LogP contribution in [-0.4, -0.2) is 34.7 Å². The highest BCUT2D eigenvalue weighted by molar-refractivity contribution is 8.18. The zero-order valence-electron chi connectivity index (χ0n) is 18.4. The van der Waals surface area contributed by atoms with Crippen molar-refractivity contribution in [2.75, 3.05) is 19.0 Å². The van der Waals surface area contributed by atoms with Crippen molar-refractivity contribution in [3.8, 4) is 5.69 Å². The Balaban J connectivity index is 1.60. The molecule has 4 rings (SSSR count). The number of hydrogen-bond acceptors (Lipinski definition) is 4. The van der Waals surface area contributed by atoms with Crippen molar-refractivity contribution in [2.24, 2.45) is 0 Å². The lowest BCUT2D eigenvalue weighted by molar-refractivity contribution is -0.123. The van der Waals surface area contributed by atoms with Crippen LogP contribution in [0.2, 0.25) is 0 Å². The number of amides is 2. The van der Waals surface area contributed by atoms with Gasteiger partial charge in [0.2, 0.25) is 0 Å². The molecule has 1 aliphatic heterocycles. The van der Waals surface area contributed by atoms with E-state index in [2.05, 4.69) is 28.8 Å². The maximum Gasteiger partial charge on any atom is 0.293 e. The summed E-state index contributed by atoms with van der Waals surface area (Å²) in [5, 5.41) is -0.321. The van der Waals surface area contributed by atoms with E-state index in [0.717, 1.165) is 40.1 Å². The van der Waals surface area contributed by atoms with E-state index in [9.17, 15) is 14.0 Å². The second-order valence-corrected chi connectivity index (χ2v) is 8.96. The fourth-order valence-corrected chi connectivity index (χ4v) is 4.61. The molecule has 5 nitrogen and oxygen atoms in total. The van der Waals surface area contributed by atoms with Crippen LogP contribution < -0.4 is 4.90 Å². The van der Waals surface area contributed by atoms with Gasteiger partial charge in [0.25, 0.3) is 11.1 Å². The molecule has 0 saturated carbocycles. The Labute approximate surface area is 191 Å². The molecule has 0 radical (unpaired) electrons. The van der Waals surface area contributed by atoms with Crippen molar-refractivity contribution in [3.05, 3.63) is 87.8 Å². The van der Waals surface area contributed by atoms with Crippen molar-refractivity contribution in [2.45, 2.75) is 20.4 Å². The smallest absolute Gasteiger partial charge is 0.293 e. The number of nitrogens with zero attached hydrogens (tertiary/aromatic N) is 3. The van der Waals surface area contributed by atoms with Crippen LogP contribution in [0.3, 0.4) is 0 Å². The molecule has 3 aromatic rings. The topological polar surface area (TPSA) is 45.6 Å². The number of aryl methyl sites for hydroxylation is 1. The van der Waals surface area contributed by atoms with Gasteiger partial charge in [0, 0.05) is 36.9 Å². The number of rotatable bonds is 5. The second-order valence-electron chi connectivity index (χ2n) is 7.97. The Kier molecular flexibility index (Phi) is 5.93. The lowest BCUT2D eigenvalue weighted by Gasteiger charge is -2.15. The van der Waals surface area contributed by atoms with Gasteiger partial charge >= 0.3 is 0 Å². The fourth-order valence-electron chi connectivity index (χ4n) is 3.78. The molecule has 1 saturated heterocycles. The number of carbonyl (C=O) groups is 2. The van der Waals surface area contributed by atoms with Crippen molar-refractivity contribution in [1.29, 1.82) is 0 Å². The minimum absolute atomic E-state index is 0.125. The van der Waals surface area contributed by atoms with Gasteiger partial charge in [-0.05, 0) is 85.3 Å². The van der Waals surface area contributed by atoms with Crippen molar-refractivity contribution in [3.63, 3.8) is 0 Å². The maximum atomic E-state index is 13.1. The quantitative estimate of drug-likeness (QED) is 0.480.